The maximum atomic E-state index is 13.8. The minimum Gasteiger partial charge on any atom is -0.354 e. The van der Waals surface area contributed by atoms with Gasteiger partial charge in [0, 0.05) is 31.0 Å². The molecule has 2 aromatic rings. The Bertz CT molecular complexity index is 538. The van der Waals surface area contributed by atoms with Crippen molar-refractivity contribution in [1.29, 1.82) is 0 Å². The molecule has 0 unspecified atom stereocenters. The van der Waals surface area contributed by atoms with Crippen LogP contribution in [-0.2, 0) is 0 Å². The number of hydrogen-bond donors (Lipinski definition) is 0. The molecule has 0 spiro atoms. The molecule has 2 aromatic heterocycles. The van der Waals surface area contributed by atoms with Gasteiger partial charge in [0.1, 0.15) is 0 Å². The van der Waals surface area contributed by atoms with Gasteiger partial charge in [0.2, 0.25) is 0 Å². The average Bonchev–Trinajstić information content (AvgIpc) is 2.94. The fraction of sp³-hybridized carbons (Fsp3) is 0.308. The molecule has 0 aromatic carbocycles. The summed E-state index contributed by atoms with van der Waals surface area (Å²) in [5, 5.41) is 0. The van der Waals surface area contributed by atoms with Crippen LogP contribution in [0.1, 0.15) is 12.8 Å². The SMILES string of the molecule is Fc1cnc(-c2ccncc2)nc1N1CCCC1. The smallest absolute Gasteiger partial charge is 0.183 e. The van der Waals surface area contributed by atoms with Gasteiger partial charge in [-0.1, -0.05) is 0 Å². The van der Waals surface area contributed by atoms with E-state index in [-0.39, 0.29) is 5.82 Å². The first-order valence-corrected chi connectivity index (χ1v) is 6.02. The van der Waals surface area contributed by atoms with Crippen molar-refractivity contribution in [2.75, 3.05) is 18.0 Å². The highest BCUT2D eigenvalue weighted by molar-refractivity contribution is 5.56. The Kier molecular flexibility index (Phi) is 2.88. The van der Waals surface area contributed by atoms with Crippen LogP contribution in [0.3, 0.4) is 0 Å². The van der Waals surface area contributed by atoms with Crippen LogP contribution >= 0.6 is 0 Å². The molecular formula is C13H13FN4. The van der Waals surface area contributed by atoms with Crippen molar-refractivity contribution in [3.63, 3.8) is 0 Å². The summed E-state index contributed by atoms with van der Waals surface area (Å²) in [6.45, 7) is 1.73. The summed E-state index contributed by atoms with van der Waals surface area (Å²) in [5.74, 6) is 0.602. The molecule has 0 N–H and O–H groups in total. The van der Waals surface area contributed by atoms with E-state index in [0.717, 1.165) is 31.5 Å². The molecule has 1 saturated heterocycles. The van der Waals surface area contributed by atoms with Crippen molar-refractivity contribution in [2.24, 2.45) is 0 Å². The second-order valence-electron chi connectivity index (χ2n) is 4.30. The number of nitrogens with zero attached hydrogens (tertiary/aromatic N) is 4. The van der Waals surface area contributed by atoms with Crippen molar-refractivity contribution in [3.8, 4) is 11.4 Å². The van der Waals surface area contributed by atoms with E-state index in [4.69, 9.17) is 0 Å². The Morgan fingerprint density at radius 2 is 1.83 bits per heavy atom. The van der Waals surface area contributed by atoms with Crippen LogP contribution in [0, 0.1) is 5.82 Å². The summed E-state index contributed by atoms with van der Waals surface area (Å²) in [4.78, 5) is 14.3. The van der Waals surface area contributed by atoms with E-state index in [1.165, 1.54) is 6.20 Å². The molecule has 0 saturated carbocycles. The van der Waals surface area contributed by atoms with Crippen LogP contribution in [-0.4, -0.2) is 28.0 Å². The fourth-order valence-electron chi connectivity index (χ4n) is 2.15. The van der Waals surface area contributed by atoms with E-state index in [9.17, 15) is 4.39 Å². The highest BCUT2D eigenvalue weighted by atomic mass is 19.1. The second-order valence-corrected chi connectivity index (χ2v) is 4.30. The monoisotopic (exact) mass is 244 g/mol. The van der Waals surface area contributed by atoms with Crippen molar-refractivity contribution < 1.29 is 4.39 Å². The van der Waals surface area contributed by atoms with Crippen molar-refractivity contribution >= 4 is 5.82 Å². The number of pyridine rings is 1. The molecule has 1 fully saturated rings. The molecule has 0 atom stereocenters. The second kappa shape index (κ2) is 4.68. The van der Waals surface area contributed by atoms with Gasteiger partial charge in [0.05, 0.1) is 6.20 Å². The van der Waals surface area contributed by atoms with Gasteiger partial charge >= 0.3 is 0 Å². The lowest BCUT2D eigenvalue weighted by Crippen LogP contribution is -2.21. The van der Waals surface area contributed by atoms with Crippen LogP contribution < -0.4 is 4.90 Å². The highest BCUT2D eigenvalue weighted by Gasteiger charge is 2.18. The van der Waals surface area contributed by atoms with E-state index in [2.05, 4.69) is 15.0 Å². The lowest BCUT2D eigenvalue weighted by Gasteiger charge is -2.17. The number of halogens is 1. The van der Waals surface area contributed by atoms with Gasteiger partial charge in [-0.2, -0.15) is 0 Å². The van der Waals surface area contributed by atoms with E-state index >= 15 is 0 Å². The van der Waals surface area contributed by atoms with E-state index < -0.39 is 0 Å². The number of rotatable bonds is 2. The van der Waals surface area contributed by atoms with Crippen LogP contribution in [0.25, 0.3) is 11.4 Å². The van der Waals surface area contributed by atoms with Gasteiger partial charge < -0.3 is 4.90 Å². The summed E-state index contributed by atoms with van der Waals surface area (Å²) in [6.07, 6.45) is 6.79. The molecule has 0 bridgehead atoms. The molecule has 0 amide bonds. The first-order valence-electron chi connectivity index (χ1n) is 6.02. The maximum absolute atomic E-state index is 13.8. The quantitative estimate of drug-likeness (QED) is 0.812. The van der Waals surface area contributed by atoms with Gasteiger partial charge in [-0.05, 0) is 25.0 Å². The summed E-state index contributed by atoms with van der Waals surface area (Å²) in [7, 11) is 0. The third kappa shape index (κ3) is 2.03. The molecule has 3 heterocycles. The zero-order valence-corrected chi connectivity index (χ0v) is 9.88. The third-order valence-electron chi connectivity index (χ3n) is 3.07. The molecule has 5 heteroatoms. The molecule has 1 aliphatic rings. The first kappa shape index (κ1) is 11.1. The molecule has 18 heavy (non-hydrogen) atoms. The maximum Gasteiger partial charge on any atom is 0.183 e. The molecule has 0 radical (unpaired) electrons. The lowest BCUT2D eigenvalue weighted by molar-refractivity contribution is 0.609. The Morgan fingerprint density at radius 1 is 1.11 bits per heavy atom. The molecular weight excluding hydrogens is 231 g/mol. The van der Waals surface area contributed by atoms with E-state index in [1.807, 2.05) is 17.0 Å². The normalized spacial score (nSPS) is 15.1. The Morgan fingerprint density at radius 3 is 2.56 bits per heavy atom. The number of hydrogen-bond acceptors (Lipinski definition) is 4. The first-order chi connectivity index (χ1) is 8.84. The van der Waals surface area contributed by atoms with Gasteiger partial charge in [0.15, 0.2) is 17.5 Å². The topological polar surface area (TPSA) is 41.9 Å². The average molecular weight is 244 g/mol. The third-order valence-corrected chi connectivity index (χ3v) is 3.07. The van der Waals surface area contributed by atoms with Crippen molar-refractivity contribution in [1.82, 2.24) is 15.0 Å². The predicted octanol–water partition coefficient (Wildman–Crippen LogP) is 2.28. The molecule has 4 nitrogen and oxygen atoms in total. The minimum absolute atomic E-state index is 0.352. The molecule has 1 aliphatic heterocycles. The van der Waals surface area contributed by atoms with Crippen molar-refractivity contribution in [2.45, 2.75) is 12.8 Å². The fourth-order valence-corrected chi connectivity index (χ4v) is 2.15. The summed E-state index contributed by atoms with van der Waals surface area (Å²) < 4.78 is 13.8. The van der Waals surface area contributed by atoms with Crippen molar-refractivity contribution in [3.05, 3.63) is 36.5 Å². The number of anilines is 1. The lowest BCUT2D eigenvalue weighted by atomic mass is 10.2. The summed E-state index contributed by atoms with van der Waals surface area (Å²) in [5.41, 5.74) is 0.852. The Labute approximate surface area is 105 Å². The molecule has 0 aliphatic carbocycles. The number of aromatic nitrogens is 3. The summed E-state index contributed by atoms with van der Waals surface area (Å²) in [6, 6.07) is 3.64. The van der Waals surface area contributed by atoms with E-state index in [1.54, 1.807) is 12.4 Å². The zero-order chi connectivity index (χ0) is 12.4. The molecule has 92 valence electrons. The Hall–Kier alpha value is -2.04. The van der Waals surface area contributed by atoms with Gasteiger partial charge in [-0.3, -0.25) is 4.98 Å². The summed E-state index contributed by atoms with van der Waals surface area (Å²) >= 11 is 0. The minimum atomic E-state index is -0.352. The van der Waals surface area contributed by atoms with Crippen LogP contribution in [0.15, 0.2) is 30.7 Å². The van der Waals surface area contributed by atoms with Crippen LogP contribution in [0.5, 0.6) is 0 Å². The van der Waals surface area contributed by atoms with Crippen LogP contribution in [0.4, 0.5) is 10.2 Å². The Balaban J connectivity index is 2.00. The highest BCUT2D eigenvalue weighted by Crippen LogP contribution is 2.23. The van der Waals surface area contributed by atoms with E-state index in [0.29, 0.717) is 11.6 Å². The largest absolute Gasteiger partial charge is 0.354 e. The van der Waals surface area contributed by atoms with Gasteiger partial charge in [0.25, 0.3) is 0 Å². The van der Waals surface area contributed by atoms with Gasteiger partial charge in [-0.15, -0.1) is 0 Å². The predicted molar refractivity (Wildman–Crippen MR) is 66.7 cm³/mol. The molecule has 3 rings (SSSR count). The van der Waals surface area contributed by atoms with Gasteiger partial charge in [-0.25, -0.2) is 14.4 Å². The standard InChI is InChI=1S/C13H13FN4/c14-11-9-16-12(10-3-5-15-6-4-10)17-13(11)18-7-1-2-8-18/h3-6,9H,1-2,7-8H2. The zero-order valence-electron chi connectivity index (χ0n) is 9.88. The van der Waals surface area contributed by atoms with Crippen LogP contribution in [0.2, 0.25) is 0 Å².